The summed E-state index contributed by atoms with van der Waals surface area (Å²) in [6, 6.07) is 9.86. The molecule has 8 heteroatoms. The van der Waals surface area contributed by atoms with Crippen LogP contribution in [0.5, 0.6) is 17.2 Å². The smallest absolute Gasteiger partial charge is 0.231 e. The molecule has 0 saturated heterocycles. The summed E-state index contributed by atoms with van der Waals surface area (Å²) in [5.74, 6) is -0.291. The first-order chi connectivity index (χ1) is 14.0. The molecular formula is C21H20N5O3+. The Morgan fingerprint density at radius 3 is 2.66 bits per heavy atom. The molecule has 0 bridgehead atoms. The molecule has 29 heavy (non-hydrogen) atoms. The van der Waals surface area contributed by atoms with Gasteiger partial charge >= 0.3 is 0 Å². The number of ether oxygens (including phenoxy) is 3. The number of nitrogens with zero attached hydrogens (tertiary/aromatic N) is 3. The van der Waals surface area contributed by atoms with Gasteiger partial charge in [0, 0.05) is 11.8 Å². The molecule has 1 aromatic carbocycles. The summed E-state index contributed by atoms with van der Waals surface area (Å²) >= 11 is 0. The van der Waals surface area contributed by atoms with Gasteiger partial charge in [0.2, 0.25) is 12.5 Å². The molecule has 2 N–H and O–H groups in total. The van der Waals surface area contributed by atoms with Crippen LogP contribution in [-0.4, -0.2) is 39.8 Å². The Balaban J connectivity index is 1.97. The molecule has 3 aliphatic rings. The molecule has 1 saturated carbocycles. The van der Waals surface area contributed by atoms with Gasteiger partial charge in [0.05, 0.1) is 51.2 Å². The van der Waals surface area contributed by atoms with E-state index in [-0.39, 0.29) is 18.4 Å². The highest BCUT2D eigenvalue weighted by molar-refractivity contribution is 6.00. The first kappa shape index (κ1) is 18.8. The molecule has 2 aliphatic heterocycles. The van der Waals surface area contributed by atoms with Gasteiger partial charge in [-0.25, -0.2) is 0 Å². The average Bonchev–Trinajstić information content (AvgIpc) is 3.21. The number of quaternary nitrogens is 1. The van der Waals surface area contributed by atoms with Crippen LogP contribution in [0, 0.1) is 56.7 Å². The van der Waals surface area contributed by atoms with E-state index in [9.17, 15) is 15.8 Å². The molecule has 4 atom stereocenters. The summed E-state index contributed by atoms with van der Waals surface area (Å²) < 4.78 is 16.5. The lowest BCUT2D eigenvalue weighted by Crippen LogP contribution is -3.10. The number of methoxy groups -OCH3 is 1. The molecule has 1 aromatic rings. The number of nitrogens with one attached hydrogen (secondary N) is 2. The van der Waals surface area contributed by atoms with E-state index >= 15 is 0 Å². The lowest BCUT2D eigenvalue weighted by Gasteiger charge is -2.46. The normalized spacial score (nSPS) is 28.9. The van der Waals surface area contributed by atoms with Crippen molar-refractivity contribution in [1.29, 1.82) is 21.2 Å². The van der Waals surface area contributed by atoms with Crippen LogP contribution in [0.2, 0.25) is 0 Å². The van der Waals surface area contributed by atoms with E-state index in [2.05, 4.69) is 18.2 Å². The Kier molecular flexibility index (Phi) is 4.42. The maximum absolute atomic E-state index is 10.1. The van der Waals surface area contributed by atoms with Crippen molar-refractivity contribution in [3.8, 4) is 35.5 Å². The summed E-state index contributed by atoms with van der Waals surface area (Å²) in [5.41, 5.74) is -0.417. The van der Waals surface area contributed by atoms with Crippen LogP contribution in [0.1, 0.15) is 11.5 Å². The quantitative estimate of drug-likeness (QED) is 0.719. The third-order valence-corrected chi connectivity index (χ3v) is 6.12. The Labute approximate surface area is 168 Å². The Hall–Kier alpha value is -3.54. The number of hydrogen-bond acceptors (Lipinski definition) is 7. The van der Waals surface area contributed by atoms with E-state index in [0.717, 1.165) is 12.1 Å². The average molecular weight is 390 g/mol. The predicted molar refractivity (Wildman–Crippen MR) is 101 cm³/mol. The van der Waals surface area contributed by atoms with Gasteiger partial charge in [-0.2, -0.15) is 15.8 Å². The second-order valence-electron chi connectivity index (χ2n) is 7.62. The van der Waals surface area contributed by atoms with Crippen LogP contribution in [-0.2, 0) is 0 Å². The zero-order valence-corrected chi connectivity index (χ0v) is 16.2. The SMILES string of the molecule is COc1cc([C@@H]2[C@H]3C[NH+](C)CC=C3C(C#N)C(=N)C2(C#N)C#N)cc2c1OCO2. The highest BCUT2D eigenvalue weighted by Crippen LogP contribution is 2.54. The molecule has 0 amide bonds. The molecule has 1 aliphatic carbocycles. The van der Waals surface area contributed by atoms with Crippen LogP contribution < -0.4 is 19.1 Å². The molecule has 4 rings (SSSR count). The van der Waals surface area contributed by atoms with Crippen molar-refractivity contribution in [3.63, 3.8) is 0 Å². The first-order valence-corrected chi connectivity index (χ1v) is 9.30. The standard InChI is InChI=1S/C21H19N5O3/c1-26-4-3-13-14(7-22)20(25)21(9-23,10-24)18(15(13)8-26)12-5-16(27-2)19-17(6-12)28-11-29-19/h3,5-6,14-15,18,25H,4,8,11H2,1-2H3/p+1/t14?,15-,18+/m0/s1. The second kappa shape index (κ2) is 6.81. The highest BCUT2D eigenvalue weighted by Gasteiger charge is 2.58. The van der Waals surface area contributed by atoms with E-state index in [1.165, 1.54) is 12.0 Å². The minimum atomic E-state index is -1.75. The van der Waals surface area contributed by atoms with Gasteiger partial charge in [0.25, 0.3) is 0 Å². The van der Waals surface area contributed by atoms with Crippen LogP contribution in [0.25, 0.3) is 0 Å². The molecule has 2 heterocycles. The van der Waals surface area contributed by atoms with Gasteiger partial charge in [-0.3, -0.25) is 0 Å². The summed E-state index contributed by atoms with van der Waals surface area (Å²) in [5, 5.41) is 38.6. The lowest BCUT2D eigenvalue weighted by atomic mass is 9.54. The highest BCUT2D eigenvalue weighted by atomic mass is 16.7. The third-order valence-electron chi connectivity index (χ3n) is 6.12. The molecule has 0 spiro atoms. The monoisotopic (exact) mass is 390 g/mol. The van der Waals surface area contributed by atoms with Gasteiger partial charge in [-0.15, -0.1) is 0 Å². The Morgan fingerprint density at radius 1 is 1.24 bits per heavy atom. The summed E-state index contributed by atoms with van der Waals surface area (Å²) in [7, 11) is 3.55. The number of benzene rings is 1. The zero-order chi connectivity index (χ0) is 20.8. The number of likely N-dealkylation sites (N-methyl/N-ethyl adjacent to an activating group) is 1. The molecule has 1 fully saturated rings. The summed E-state index contributed by atoms with van der Waals surface area (Å²) in [4.78, 5) is 1.21. The fourth-order valence-electron chi connectivity index (χ4n) is 4.76. The predicted octanol–water partition coefficient (Wildman–Crippen LogP) is 0.785. The number of hydrogen-bond donors (Lipinski definition) is 2. The minimum Gasteiger partial charge on any atom is -0.493 e. The first-order valence-electron chi connectivity index (χ1n) is 9.30. The maximum Gasteiger partial charge on any atom is 0.231 e. The summed E-state index contributed by atoms with van der Waals surface area (Å²) in [6.07, 6.45) is 1.99. The Bertz CT molecular complexity index is 1030. The summed E-state index contributed by atoms with van der Waals surface area (Å²) in [6.45, 7) is 1.46. The second-order valence-corrected chi connectivity index (χ2v) is 7.62. The van der Waals surface area contributed by atoms with Gasteiger partial charge in [-0.05, 0) is 29.3 Å². The van der Waals surface area contributed by atoms with Crippen LogP contribution in [0.4, 0.5) is 0 Å². The number of nitriles is 3. The van der Waals surface area contributed by atoms with Crippen molar-refractivity contribution in [2.75, 3.05) is 34.0 Å². The van der Waals surface area contributed by atoms with E-state index in [4.69, 9.17) is 19.6 Å². The third kappa shape index (κ3) is 2.56. The van der Waals surface area contributed by atoms with Crippen molar-refractivity contribution in [2.45, 2.75) is 5.92 Å². The topological polar surface area (TPSA) is 127 Å². The van der Waals surface area contributed by atoms with E-state index < -0.39 is 17.3 Å². The van der Waals surface area contributed by atoms with E-state index in [1.54, 1.807) is 12.1 Å². The van der Waals surface area contributed by atoms with Crippen molar-refractivity contribution < 1.29 is 19.1 Å². The van der Waals surface area contributed by atoms with E-state index in [0.29, 0.717) is 29.4 Å². The zero-order valence-electron chi connectivity index (χ0n) is 16.2. The minimum absolute atomic E-state index is 0.0647. The van der Waals surface area contributed by atoms with E-state index in [1.807, 2.05) is 13.1 Å². The largest absolute Gasteiger partial charge is 0.493 e. The molecule has 8 nitrogen and oxygen atoms in total. The lowest BCUT2D eigenvalue weighted by molar-refractivity contribution is -0.878. The number of fused-ring (bicyclic) bond motifs is 2. The van der Waals surface area contributed by atoms with Gasteiger partial charge in [0.15, 0.2) is 16.9 Å². The van der Waals surface area contributed by atoms with Gasteiger partial charge in [0.1, 0.15) is 5.92 Å². The molecule has 0 aromatic heterocycles. The molecule has 0 radical (unpaired) electrons. The molecule has 2 unspecified atom stereocenters. The number of rotatable bonds is 2. The van der Waals surface area contributed by atoms with Crippen molar-refractivity contribution in [2.24, 2.45) is 17.3 Å². The fraction of sp³-hybridized carbons (Fsp3) is 0.429. The van der Waals surface area contributed by atoms with Gasteiger partial charge < -0.3 is 24.5 Å². The van der Waals surface area contributed by atoms with Crippen molar-refractivity contribution in [1.82, 2.24) is 0 Å². The fourth-order valence-corrected chi connectivity index (χ4v) is 4.76. The Morgan fingerprint density at radius 2 is 2.00 bits per heavy atom. The van der Waals surface area contributed by atoms with Crippen LogP contribution >= 0.6 is 0 Å². The van der Waals surface area contributed by atoms with Gasteiger partial charge in [-0.1, -0.05) is 0 Å². The van der Waals surface area contributed by atoms with Crippen molar-refractivity contribution in [3.05, 3.63) is 29.3 Å². The van der Waals surface area contributed by atoms with Crippen LogP contribution in [0.3, 0.4) is 0 Å². The maximum atomic E-state index is 10.1. The molecular weight excluding hydrogens is 370 g/mol. The van der Waals surface area contributed by atoms with Crippen LogP contribution in [0.15, 0.2) is 23.8 Å². The van der Waals surface area contributed by atoms with Crippen molar-refractivity contribution >= 4 is 5.71 Å². The molecule has 146 valence electrons.